The zero-order valence-electron chi connectivity index (χ0n) is 13.7. The van der Waals surface area contributed by atoms with Crippen LogP contribution < -0.4 is 14.8 Å². The van der Waals surface area contributed by atoms with Crippen molar-refractivity contribution < 1.29 is 17.9 Å². The van der Waals surface area contributed by atoms with Crippen LogP contribution in [0, 0.1) is 0 Å². The predicted octanol–water partition coefficient (Wildman–Crippen LogP) is 3.05. The van der Waals surface area contributed by atoms with E-state index in [0.717, 1.165) is 0 Å². The lowest BCUT2D eigenvalue weighted by molar-refractivity contribution is -0.118. The molecule has 0 radical (unpaired) electrons. The molecule has 0 saturated carbocycles. The molecule has 0 aromatic heterocycles. The van der Waals surface area contributed by atoms with Gasteiger partial charge in [0, 0.05) is 6.54 Å². The number of sulfonamides is 1. The Bertz CT molecular complexity index is 823. The monoisotopic (exact) mass is 382 g/mol. The smallest absolute Gasteiger partial charge is 0.262 e. The Balaban J connectivity index is 1.91. The second-order valence-corrected chi connectivity index (χ2v) is 7.36. The van der Waals surface area contributed by atoms with Crippen molar-refractivity contribution in [2.75, 3.05) is 18.5 Å². The van der Waals surface area contributed by atoms with E-state index in [9.17, 15) is 13.2 Å². The number of para-hydroxylation sites is 1. The van der Waals surface area contributed by atoms with Crippen molar-refractivity contribution >= 4 is 33.2 Å². The SMILES string of the molecule is CCCNS(=O)(=O)c1ccc(OCC(=O)Nc2ccccc2Cl)cc1. The highest BCUT2D eigenvalue weighted by atomic mass is 35.5. The number of hydrogen-bond acceptors (Lipinski definition) is 4. The first-order valence-corrected chi connectivity index (χ1v) is 9.55. The van der Waals surface area contributed by atoms with E-state index in [2.05, 4.69) is 10.0 Å². The molecule has 0 atom stereocenters. The lowest BCUT2D eigenvalue weighted by atomic mass is 10.3. The van der Waals surface area contributed by atoms with E-state index in [0.29, 0.717) is 29.4 Å². The van der Waals surface area contributed by atoms with Crippen LogP contribution in [0.25, 0.3) is 0 Å². The summed E-state index contributed by atoms with van der Waals surface area (Å²) >= 11 is 5.96. The number of amides is 1. The van der Waals surface area contributed by atoms with Gasteiger partial charge in [0.15, 0.2) is 6.61 Å². The molecular formula is C17H19ClN2O4S. The molecule has 2 N–H and O–H groups in total. The minimum Gasteiger partial charge on any atom is -0.484 e. The predicted molar refractivity (Wildman–Crippen MR) is 97.5 cm³/mol. The first-order valence-electron chi connectivity index (χ1n) is 7.69. The van der Waals surface area contributed by atoms with Gasteiger partial charge in [-0.05, 0) is 42.8 Å². The summed E-state index contributed by atoms with van der Waals surface area (Å²) in [5.41, 5.74) is 0.501. The summed E-state index contributed by atoms with van der Waals surface area (Å²) in [6.07, 6.45) is 0.709. The van der Waals surface area contributed by atoms with E-state index >= 15 is 0 Å². The Labute approximate surface area is 152 Å². The zero-order valence-corrected chi connectivity index (χ0v) is 15.2. The Morgan fingerprint density at radius 2 is 1.80 bits per heavy atom. The number of rotatable bonds is 8. The number of anilines is 1. The number of ether oxygens (including phenoxy) is 1. The standard InChI is InChI=1S/C17H19ClN2O4S/c1-2-11-19-25(22,23)14-9-7-13(8-10-14)24-12-17(21)20-16-6-4-3-5-15(16)18/h3-10,19H,2,11-12H2,1H3,(H,20,21). The second kappa shape index (κ2) is 8.84. The van der Waals surface area contributed by atoms with Crippen LogP contribution in [0.5, 0.6) is 5.75 Å². The quantitative estimate of drug-likeness (QED) is 0.734. The van der Waals surface area contributed by atoms with Crippen LogP contribution in [0.3, 0.4) is 0 Å². The number of benzene rings is 2. The molecule has 0 fully saturated rings. The van der Waals surface area contributed by atoms with Crippen molar-refractivity contribution in [1.82, 2.24) is 4.72 Å². The average Bonchev–Trinajstić information content (AvgIpc) is 2.60. The summed E-state index contributed by atoms with van der Waals surface area (Å²) in [5.74, 6) is 0.0261. The van der Waals surface area contributed by atoms with E-state index in [1.54, 1.807) is 24.3 Å². The molecule has 25 heavy (non-hydrogen) atoms. The van der Waals surface area contributed by atoms with Crippen molar-refractivity contribution in [3.05, 3.63) is 53.6 Å². The summed E-state index contributed by atoms with van der Waals surface area (Å²) in [6.45, 7) is 2.04. The molecule has 1 amide bonds. The molecule has 2 aromatic carbocycles. The van der Waals surface area contributed by atoms with Crippen LogP contribution in [0.2, 0.25) is 5.02 Å². The molecule has 0 spiro atoms. The van der Waals surface area contributed by atoms with Gasteiger partial charge in [-0.1, -0.05) is 30.7 Å². The highest BCUT2D eigenvalue weighted by Gasteiger charge is 2.13. The van der Waals surface area contributed by atoms with Crippen molar-refractivity contribution in [2.45, 2.75) is 18.2 Å². The van der Waals surface area contributed by atoms with Crippen molar-refractivity contribution in [1.29, 1.82) is 0 Å². The maximum atomic E-state index is 12.0. The normalized spacial score (nSPS) is 11.1. The Morgan fingerprint density at radius 3 is 2.44 bits per heavy atom. The van der Waals surface area contributed by atoms with Crippen LogP contribution in [0.1, 0.15) is 13.3 Å². The number of nitrogens with one attached hydrogen (secondary N) is 2. The lowest BCUT2D eigenvalue weighted by Gasteiger charge is -2.09. The van der Waals surface area contributed by atoms with Crippen molar-refractivity contribution in [3.8, 4) is 5.75 Å². The van der Waals surface area contributed by atoms with Gasteiger partial charge < -0.3 is 10.1 Å². The Kier molecular flexibility index (Phi) is 6.81. The molecule has 0 unspecified atom stereocenters. The van der Waals surface area contributed by atoms with Gasteiger partial charge in [0.2, 0.25) is 10.0 Å². The maximum Gasteiger partial charge on any atom is 0.262 e. The van der Waals surface area contributed by atoms with Crippen LogP contribution in [0.4, 0.5) is 5.69 Å². The van der Waals surface area contributed by atoms with Crippen LogP contribution in [-0.2, 0) is 14.8 Å². The first kappa shape index (κ1) is 19.2. The molecule has 0 bridgehead atoms. The molecule has 8 heteroatoms. The van der Waals surface area contributed by atoms with E-state index < -0.39 is 10.0 Å². The second-order valence-electron chi connectivity index (χ2n) is 5.19. The Morgan fingerprint density at radius 1 is 1.12 bits per heavy atom. The van der Waals surface area contributed by atoms with Crippen molar-refractivity contribution in [3.63, 3.8) is 0 Å². The fourth-order valence-corrected chi connectivity index (χ4v) is 3.25. The molecule has 0 aliphatic carbocycles. The molecule has 0 aliphatic heterocycles. The molecule has 0 heterocycles. The fraction of sp³-hybridized carbons (Fsp3) is 0.235. The molecule has 134 valence electrons. The number of carbonyl (C=O) groups excluding carboxylic acids is 1. The summed E-state index contributed by atoms with van der Waals surface area (Å²) in [6, 6.07) is 12.7. The minimum absolute atomic E-state index is 0.147. The molecule has 2 rings (SSSR count). The van der Waals surface area contributed by atoms with Crippen molar-refractivity contribution in [2.24, 2.45) is 0 Å². The topological polar surface area (TPSA) is 84.5 Å². The van der Waals surface area contributed by atoms with Gasteiger partial charge in [-0.2, -0.15) is 0 Å². The van der Waals surface area contributed by atoms with Gasteiger partial charge >= 0.3 is 0 Å². The number of halogens is 1. The molecule has 0 aliphatic rings. The first-order chi connectivity index (χ1) is 11.9. The maximum absolute atomic E-state index is 12.0. The van der Waals surface area contributed by atoms with Gasteiger partial charge in [-0.15, -0.1) is 0 Å². The number of hydrogen-bond donors (Lipinski definition) is 2. The van der Waals surface area contributed by atoms with Gasteiger partial charge in [-0.3, -0.25) is 4.79 Å². The highest BCUT2D eigenvalue weighted by molar-refractivity contribution is 7.89. The zero-order chi connectivity index (χ0) is 18.3. The minimum atomic E-state index is -3.52. The van der Waals surface area contributed by atoms with Gasteiger partial charge in [0.25, 0.3) is 5.91 Å². The van der Waals surface area contributed by atoms with Crippen LogP contribution >= 0.6 is 11.6 Å². The van der Waals surface area contributed by atoms with E-state index in [-0.39, 0.29) is 17.4 Å². The van der Waals surface area contributed by atoms with Gasteiger partial charge in [0.05, 0.1) is 15.6 Å². The molecule has 0 saturated heterocycles. The third kappa shape index (κ3) is 5.74. The Hall–Kier alpha value is -2.09. The van der Waals surface area contributed by atoms with Gasteiger partial charge in [-0.25, -0.2) is 13.1 Å². The van der Waals surface area contributed by atoms with Gasteiger partial charge in [0.1, 0.15) is 5.75 Å². The average molecular weight is 383 g/mol. The molecule has 6 nitrogen and oxygen atoms in total. The third-order valence-electron chi connectivity index (χ3n) is 3.19. The van der Waals surface area contributed by atoms with Crippen LogP contribution in [0.15, 0.2) is 53.4 Å². The number of carbonyl (C=O) groups is 1. The van der Waals surface area contributed by atoms with E-state index in [1.165, 1.54) is 24.3 Å². The summed E-state index contributed by atoms with van der Waals surface area (Å²) < 4.78 is 31.8. The third-order valence-corrected chi connectivity index (χ3v) is 5.00. The van der Waals surface area contributed by atoms with E-state index in [1.807, 2.05) is 6.92 Å². The lowest BCUT2D eigenvalue weighted by Crippen LogP contribution is -2.24. The molecule has 2 aromatic rings. The largest absolute Gasteiger partial charge is 0.484 e. The highest BCUT2D eigenvalue weighted by Crippen LogP contribution is 2.20. The summed E-state index contributed by atoms with van der Waals surface area (Å²) in [7, 11) is -3.52. The van der Waals surface area contributed by atoms with E-state index in [4.69, 9.17) is 16.3 Å². The fourth-order valence-electron chi connectivity index (χ4n) is 1.93. The molecular weight excluding hydrogens is 364 g/mol. The van der Waals surface area contributed by atoms with Crippen LogP contribution in [-0.4, -0.2) is 27.5 Å². The summed E-state index contributed by atoms with van der Waals surface area (Å²) in [5, 5.41) is 3.07. The summed E-state index contributed by atoms with van der Waals surface area (Å²) in [4.78, 5) is 12.0.